The molecule has 1 aliphatic heterocycles. The van der Waals surface area contributed by atoms with Crippen LogP contribution in [0.1, 0.15) is 40.2 Å². The summed E-state index contributed by atoms with van der Waals surface area (Å²) in [5, 5.41) is 3.00. The third kappa shape index (κ3) is 5.55. The summed E-state index contributed by atoms with van der Waals surface area (Å²) < 4.78 is 5.62. The van der Waals surface area contributed by atoms with E-state index in [-0.39, 0.29) is 30.7 Å². The Morgan fingerprint density at radius 1 is 1.09 bits per heavy atom. The molecule has 1 aromatic heterocycles. The first-order valence-electron chi connectivity index (χ1n) is 11.4. The van der Waals surface area contributed by atoms with E-state index < -0.39 is 0 Å². The van der Waals surface area contributed by atoms with Gasteiger partial charge < -0.3 is 19.9 Å². The highest BCUT2D eigenvalue weighted by atomic mass is 35.5. The second-order valence-corrected chi connectivity index (χ2v) is 8.52. The smallest absolute Gasteiger partial charge is 0.259 e. The van der Waals surface area contributed by atoms with Crippen LogP contribution in [0.15, 0.2) is 60.7 Å². The number of methoxy groups -OCH3 is 1. The third-order valence-corrected chi connectivity index (χ3v) is 6.22. The van der Waals surface area contributed by atoms with Crippen LogP contribution in [0.3, 0.4) is 0 Å². The molecule has 0 unspecified atom stereocenters. The van der Waals surface area contributed by atoms with Gasteiger partial charge in [-0.3, -0.25) is 4.79 Å². The standard InChI is InChI=1S/C27H28N4O2.2ClH/c1-18-28-22-10-7-11-23(26(22)29-18)30-27(32)21-14-13-19(16-25(21)33-2)17-31-15-6-5-9-20-8-3-4-12-24(20)31;;/h3-4,7-8,10-14,16H,5-6,9,15,17H2,1-2H3,(H,28,29)(H,30,32);2*1H. The molecular weight excluding hydrogens is 483 g/mol. The number of fused-ring (bicyclic) bond motifs is 2. The molecule has 184 valence electrons. The number of halogens is 2. The number of nitrogens with zero attached hydrogens (tertiary/aromatic N) is 2. The summed E-state index contributed by atoms with van der Waals surface area (Å²) in [5.41, 5.74) is 6.64. The Balaban J connectivity index is 0.00000171. The minimum Gasteiger partial charge on any atom is -0.496 e. The number of aryl methyl sites for hydroxylation is 2. The molecule has 1 aliphatic rings. The molecule has 0 fully saturated rings. The summed E-state index contributed by atoms with van der Waals surface area (Å²) in [6, 6.07) is 20.2. The van der Waals surface area contributed by atoms with Crippen LogP contribution in [0.25, 0.3) is 11.0 Å². The summed E-state index contributed by atoms with van der Waals surface area (Å²) >= 11 is 0. The summed E-state index contributed by atoms with van der Waals surface area (Å²) in [4.78, 5) is 23.2. The first-order chi connectivity index (χ1) is 16.1. The molecule has 0 bridgehead atoms. The summed E-state index contributed by atoms with van der Waals surface area (Å²) in [5.74, 6) is 1.16. The maximum absolute atomic E-state index is 13.1. The average Bonchev–Trinajstić information content (AvgIpc) is 3.10. The van der Waals surface area contributed by atoms with Crippen LogP contribution in [-0.2, 0) is 13.0 Å². The largest absolute Gasteiger partial charge is 0.496 e. The van der Waals surface area contributed by atoms with E-state index in [1.807, 2.05) is 43.3 Å². The van der Waals surface area contributed by atoms with E-state index in [0.717, 1.165) is 41.9 Å². The van der Waals surface area contributed by atoms with Crippen molar-refractivity contribution in [3.8, 4) is 5.75 Å². The van der Waals surface area contributed by atoms with Crippen LogP contribution < -0.4 is 15.0 Å². The summed E-state index contributed by atoms with van der Waals surface area (Å²) in [7, 11) is 1.61. The van der Waals surface area contributed by atoms with Crippen molar-refractivity contribution in [3.05, 3.63) is 83.2 Å². The van der Waals surface area contributed by atoms with Crippen molar-refractivity contribution < 1.29 is 9.53 Å². The lowest BCUT2D eigenvalue weighted by Gasteiger charge is -2.25. The highest BCUT2D eigenvalue weighted by Gasteiger charge is 2.18. The number of carbonyl (C=O) groups excluding carboxylic acids is 1. The molecule has 0 radical (unpaired) electrons. The number of amides is 1. The molecule has 1 amide bonds. The molecular formula is C27H30Cl2N4O2. The molecule has 0 atom stereocenters. The highest BCUT2D eigenvalue weighted by molar-refractivity contribution is 6.09. The van der Waals surface area contributed by atoms with Gasteiger partial charge in [0.05, 0.1) is 23.9 Å². The van der Waals surface area contributed by atoms with Crippen LogP contribution in [0.4, 0.5) is 11.4 Å². The fourth-order valence-corrected chi connectivity index (χ4v) is 4.62. The Kier molecular flexibility index (Phi) is 8.65. The van der Waals surface area contributed by atoms with Crippen LogP contribution in [-0.4, -0.2) is 29.5 Å². The molecule has 0 saturated heterocycles. The number of imidazole rings is 1. The predicted octanol–water partition coefficient (Wildman–Crippen LogP) is 6.32. The number of ether oxygens (including phenoxy) is 1. The molecule has 8 heteroatoms. The highest BCUT2D eigenvalue weighted by Crippen LogP contribution is 2.29. The van der Waals surface area contributed by atoms with Crippen LogP contribution >= 0.6 is 24.8 Å². The molecule has 0 spiro atoms. The third-order valence-electron chi connectivity index (χ3n) is 6.22. The lowest BCUT2D eigenvalue weighted by Crippen LogP contribution is -2.23. The van der Waals surface area contributed by atoms with Gasteiger partial charge in [-0.25, -0.2) is 4.98 Å². The molecule has 6 nitrogen and oxygen atoms in total. The van der Waals surface area contributed by atoms with Crippen molar-refractivity contribution in [2.75, 3.05) is 23.9 Å². The van der Waals surface area contributed by atoms with Gasteiger partial charge in [0.1, 0.15) is 17.1 Å². The fourth-order valence-electron chi connectivity index (χ4n) is 4.62. The number of hydrogen-bond donors (Lipinski definition) is 2. The van der Waals surface area contributed by atoms with Gasteiger partial charge in [-0.15, -0.1) is 24.8 Å². The fraction of sp³-hybridized carbons (Fsp3) is 0.259. The number of nitrogens with one attached hydrogen (secondary N) is 2. The van der Waals surface area contributed by atoms with E-state index >= 15 is 0 Å². The maximum atomic E-state index is 13.1. The van der Waals surface area contributed by atoms with E-state index in [2.05, 4.69) is 44.5 Å². The quantitative estimate of drug-likeness (QED) is 0.328. The molecule has 2 heterocycles. The van der Waals surface area contributed by atoms with E-state index in [1.54, 1.807) is 7.11 Å². The van der Waals surface area contributed by atoms with Crippen molar-refractivity contribution in [2.45, 2.75) is 32.7 Å². The number of aromatic amines is 1. The van der Waals surface area contributed by atoms with Gasteiger partial charge in [0.25, 0.3) is 5.91 Å². The second kappa shape index (κ2) is 11.5. The number of anilines is 2. The first-order valence-corrected chi connectivity index (χ1v) is 11.4. The number of para-hydroxylation sites is 2. The van der Waals surface area contributed by atoms with Gasteiger partial charge in [-0.2, -0.15) is 0 Å². The Hall–Kier alpha value is -3.22. The molecule has 0 saturated carbocycles. The average molecular weight is 513 g/mol. The van der Waals surface area contributed by atoms with Crippen LogP contribution in [0.5, 0.6) is 5.75 Å². The normalized spacial score (nSPS) is 12.7. The van der Waals surface area contributed by atoms with Crippen molar-refractivity contribution >= 4 is 53.1 Å². The molecule has 35 heavy (non-hydrogen) atoms. The minimum absolute atomic E-state index is 0. The van der Waals surface area contributed by atoms with Crippen LogP contribution in [0, 0.1) is 6.92 Å². The zero-order valence-corrected chi connectivity index (χ0v) is 21.5. The lowest BCUT2D eigenvalue weighted by molar-refractivity contribution is 0.102. The molecule has 3 aromatic carbocycles. The number of hydrogen-bond acceptors (Lipinski definition) is 4. The molecule has 4 aromatic rings. The van der Waals surface area contributed by atoms with Gasteiger partial charge in [-0.05, 0) is 67.6 Å². The van der Waals surface area contributed by atoms with Gasteiger partial charge in [-0.1, -0.05) is 30.3 Å². The maximum Gasteiger partial charge on any atom is 0.259 e. The van der Waals surface area contributed by atoms with Gasteiger partial charge in [0.2, 0.25) is 0 Å². The Morgan fingerprint density at radius 2 is 1.91 bits per heavy atom. The summed E-state index contributed by atoms with van der Waals surface area (Å²) in [6.07, 6.45) is 3.50. The van der Waals surface area contributed by atoms with Crippen molar-refractivity contribution in [2.24, 2.45) is 0 Å². The molecule has 0 aliphatic carbocycles. The zero-order valence-electron chi connectivity index (χ0n) is 19.8. The molecule has 5 rings (SSSR count). The minimum atomic E-state index is -0.216. The number of benzene rings is 3. The second-order valence-electron chi connectivity index (χ2n) is 8.52. The molecule has 2 N–H and O–H groups in total. The zero-order chi connectivity index (χ0) is 22.8. The number of H-pyrrole nitrogens is 1. The van der Waals surface area contributed by atoms with E-state index in [1.165, 1.54) is 24.1 Å². The van der Waals surface area contributed by atoms with E-state index in [0.29, 0.717) is 17.0 Å². The van der Waals surface area contributed by atoms with Gasteiger partial charge in [0, 0.05) is 18.8 Å². The number of rotatable bonds is 5. The number of carbonyl (C=O) groups is 1. The van der Waals surface area contributed by atoms with Gasteiger partial charge >= 0.3 is 0 Å². The topological polar surface area (TPSA) is 70.2 Å². The lowest BCUT2D eigenvalue weighted by atomic mass is 10.1. The van der Waals surface area contributed by atoms with Crippen molar-refractivity contribution in [3.63, 3.8) is 0 Å². The van der Waals surface area contributed by atoms with E-state index in [9.17, 15) is 4.79 Å². The Bertz CT molecular complexity index is 1320. The summed E-state index contributed by atoms with van der Waals surface area (Å²) in [6.45, 7) is 3.70. The van der Waals surface area contributed by atoms with Crippen molar-refractivity contribution in [1.29, 1.82) is 0 Å². The first kappa shape index (κ1) is 26.4. The van der Waals surface area contributed by atoms with Crippen LogP contribution in [0.2, 0.25) is 0 Å². The monoisotopic (exact) mass is 512 g/mol. The van der Waals surface area contributed by atoms with Gasteiger partial charge in [0.15, 0.2) is 0 Å². The van der Waals surface area contributed by atoms with Crippen molar-refractivity contribution in [1.82, 2.24) is 9.97 Å². The van der Waals surface area contributed by atoms with E-state index in [4.69, 9.17) is 4.74 Å². The SMILES string of the molecule is COc1cc(CN2CCCCc3ccccc32)ccc1C(=O)Nc1cccc2[nH]c(C)nc12.Cl.Cl. The number of aromatic nitrogens is 2. The Labute approximate surface area is 217 Å². The predicted molar refractivity (Wildman–Crippen MR) is 147 cm³/mol. The Morgan fingerprint density at radius 3 is 2.74 bits per heavy atom.